The quantitative estimate of drug-likeness (QED) is 0.747. The number of nitrogens with one attached hydrogen (secondary N) is 1. The predicted octanol–water partition coefficient (Wildman–Crippen LogP) is 4.71. The van der Waals surface area contributed by atoms with Crippen molar-refractivity contribution in [1.82, 2.24) is 5.32 Å². The molecule has 0 aliphatic rings. The first-order valence-electron chi connectivity index (χ1n) is 7.75. The summed E-state index contributed by atoms with van der Waals surface area (Å²) in [5.74, 6) is 0.669. The molecule has 1 N–H and O–H groups in total. The number of benzene rings is 1. The number of nitrogens with zero attached hydrogens (tertiary/aromatic N) is 1. The largest absolute Gasteiger partial charge is 0.369 e. The van der Waals surface area contributed by atoms with E-state index in [1.807, 2.05) is 6.07 Å². The smallest absolute Gasteiger partial charge is 0.0429 e. The minimum atomic E-state index is 0.530. The Balaban J connectivity index is 2.93. The Bertz CT molecular complexity index is 404. The summed E-state index contributed by atoms with van der Waals surface area (Å²) in [5.41, 5.74) is 2.60. The van der Waals surface area contributed by atoms with Crippen LogP contribution < -0.4 is 10.2 Å². The Morgan fingerprint density at radius 2 is 1.90 bits per heavy atom. The topological polar surface area (TPSA) is 15.3 Å². The van der Waals surface area contributed by atoms with Gasteiger partial charge >= 0.3 is 0 Å². The van der Waals surface area contributed by atoms with Crippen molar-refractivity contribution in [2.45, 2.75) is 53.6 Å². The van der Waals surface area contributed by atoms with Crippen molar-refractivity contribution in [3.8, 4) is 0 Å². The van der Waals surface area contributed by atoms with Crippen molar-refractivity contribution >= 4 is 17.3 Å². The lowest BCUT2D eigenvalue weighted by molar-refractivity contribution is 0.550. The van der Waals surface area contributed by atoms with Gasteiger partial charge in [0.15, 0.2) is 0 Å². The van der Waals surface area contributed by atoms with Gasteiger partial charge in [-0.1, -0.05) is 38.4 Å². The fraction of sp³-hybridized carbons (Fsp3) is 0.647. The van der Waals surface area contributed by atoms with E-state index in [2.05, 4.69) is 57.0 Å². The average Bonchev–Trinajstić information content (AvgIpc) is 2.41. The van der Waals surface area contributed by atoms with Crippen LogP contribution in [0.4, 0.5) is 5.69 Å². The number of hydrogen-bond donors (Lipinski definition) is 1. The summed E-state index contributed by atoms with van der Waals surface area (Å²) >= 11 is 6.20. The van der Waals surface area contributed by atoms with Crippen molar-refractivity contribution in [3.05, 3.63) is 28.8 Å². The fourth-order valence-electron chi connectivity index (χ4n) is 2.39. The molecule has 1 rings (SSSR count). The maximum atomic E-state index is 6.20. The van der Waals surface area contributed by atoms with Crippen LogP contribution in [0.25, 0.3) is 0 Å². The Labute approximate surface area is 129 Å². The second-order valence-corrected chi connectivity index (χ2v) is 6.28. The van der Waals surface area contributed by atoms with Crippen LogP contribution >= 0.6 is 11.6 Å². The number of halogens is 1. The molecular formula is C17H29ClN2. The molecule has 0 aromatic heterocycles. The predicted molar refractivity (Wildman–Crippen MR) is 90.8 cm³/mol. The number of rotatable bonds is 8. The van der Waals surface area contributed by atoms with E-state index >= 15 is 0 Å². The Hall–Kier alpha value is -0.730. The average molecular weight is 297 g/mol. The van der Waals surface area contributed by atoms with Gasteiger partial charge in [0.25, 0.3) is 0 Å². The molecule has 0 radical (unpaired) electrons. The molecule has 1 unspecified atom stereocenters. The Morgan fingerprint density at radius 1 is 1.20 bits per heavy atom. The molecule has 2 nitrogen and oxygen atoms in total. The van der Waals surface area contributed by atoms with Crippen molar-refractivity contribution in [2.75, 3.05) is 18.0 Å². The molecule has 114 valence electrons. The second kappa shape index (κ2) is 8.53. The number of hydrogen-bond acceptors (Lipinski definition) is 2. The minimum absolute atomic E-state index is 0.530. The molecule has 0 aliphatic heterocycles. The van der Waals surface area contributed by atoms with Crippen molar-refractivity contribution in [3.63, 3.8) is 0 Å². The lowest BCUT2D eigenvalue weighted by Crippen LogP contribution is -2.33. The van der Waals surface area contributed by atoms with Gasteiger partial charge < -0.3 is 10.2 Å². The van der Waals surface area contributed by atoms with Crippen molar-refractivity contribution in [2.24, 2.45) is 5.92 Å². The van der Waals surface area contributed by atoms with Gasteiger partial charge in [0, 0.05) is 29.8 Å². The molecule has 1 aromatic carbocycles. The maximum absolute atomic E-state index is 6.20. The molecular weight excluding hydrogens is 268 g/mol. The summed E-state index contributed by atoms with van der Waals surface area (Å²) in [6.07, 6.45) is 1.14. The molecule has 0 fully saturated rings. The summed E-state index contributed by atoms with van der Waals surface area (Å²) in [4.78, 5) is 2.44. The third-order valence-electron chi connectivity index (χ3n) is 3.69. The molecule has 0 bridgehead atoms. The van der Waals surface area contributed by atoms with Crippen LogP contribution in [0.1, 0.15) is 46.6 Å². The molecule has 0 heterocycles. The van der Waals surface area contributed by atoms with Gasteiger partial charge in [-0.2, -0.15) is 0 Å². The summed E-state index contributed by atoms with van der Waals surface area (Å²) in [5, 5.41) is 4.34. The van der Waals surface area contributed by atoms with E-state index in [0.717, 1.165) is 31.1 Å². The van der Waals surface area contributed by atoms with E-state index in [1.54, 1.807) is 0 Å². The molecule has 0 spiro atoms. The first-order valence-corrected chi connectivity index (χ1v) is 8.13. The molecule has 0 amide bonds. The Kier molecular flexibility index (Phi) is 7.39. The van der Waals surface area contributed by atoms with Gasteiger partial charge in [-0.05, 0) is 50.4 Å². The first kappa shape index (κ1) is 17.3. The summed E-state index contributed by atoms with van der Waals surface area (Å²) in [6, 6.07) is 6.77. The normalized spacial score (nSPS) is 12.8. The third kappa shape index (κ3) is 4.99. The van der Waals surface area contributed by atoms with E-state index in [4.69, 9.17) is 11.6 Å². The van der Waals surface area contributed by atoms with E-state index in [0.29, 0.717) is 12.0 Å². The molecule has 20 heavy (non-hydrogen) atoms. The highest BCUT2D eigenvalue weighted by Gasteiger charge is 2.15. The molecule has 3 heteroatoms. The second-order valence-electron chi connectivity index (χ2n) is 5.84. The zero-order valence-electron chi connectivity index (χ0n) is 13.5. The zero-order valence-corrected chi connectivity index (χ0v) is 14.3. The van der Waals surface area contributed by atoms with Crippen LogP contribution in [-0.2, 0) is 6.54 Å². The van der Waals surface area contributed by atoms with Crippen LogP contribution in [0.15, 0.2) is 18.2 Å². The summed E-state index contributed by atoms with van der Waals surface area (Å²) < 4.78 is 0. The highest BCUT2D eigenvalue weighted by Crippen LogP contribution is 2.27. The highest BCUT2D eigenvalue weighted by atomic mass is 35.5. The Morgan fingerprint density at radius 3 is 2.45 bits per heavy atom. The van der Waals surface area contributed by atoms with Crippen LogP contribution in [0, 0.1) is 5.92 Å². The van der Waals surface area contributed by atoms with E-state index < -0.39 is 0 Å². The van der Waals surface area contributed by atoms with Gasteiger partial charge in [0.2, 0.25) is 0 Å². The molecule has 1 atom stereocenters. The minimum Gasteiger partial charge on any atom is -0.369 e. The van der Waals surface area contributed by atoms with Crippen LogP contribution in [-0.4, -0.2) is 19.1 Å². The molecule has 1 aromatic rings. The van der Waals surface area contributed by atoms with Gasteiger partial charge in [-0.25, -0.2) is 0 Å². The highest BCUT2D eigenvalue weighted by molar-refractivity contribution is 6.30. The standard InChI is InChI=1S/C17H29ClN2/c1-6-14(5)20(7-2)17-10-16(18)9-8-15(17)12-19-11-13(3)4/h8-10,13-14,19H,6-7,11-12H2,1-5H3. The lowest BCUT2D eigenvalue weighted by atomic mass is 10.1. The fourth-order valence-corrected chi connectivity index (χ4v) is 2.56. The van der Waals surface area contributed by atoms with Crippen molar-refractivity contribution in [1.29, 1.82) is 0 Å². The SMILES string of the molecule is CCC(C)N(CC)c1cc(Cl)ccc1CNCC(C)C. The van der Waals surface area contributed by atoms with Crippen LogP contribution in [0.2, 0.25) is 5.02 Å². The maximum Gasteiger partial charge on any atom is 0.0429 e. The lowest BCUT2D eigenvalue weighted by Gasteiger charge is -2.31. The van der Waals surface area contributed by atoms with Gasteiger partial charge in [0.1, 0.15) is 0 Å². The van der Waals surface area contributed by atoms with Crippen LogP contribution in [0.3, 0.4) is 0 Å². The summed E-state index contributed by atoms with van der Waals surface area (Å²) in [7, 11) is 0. The first-order chi connectivity index (χ1) is 9.49. The van der Waals surface area contributed by atoms with Crippen LogP contribution in [0.5, 0.6) is 0 Å². The van der Waals surface area contributed by atoms with E-state index in [9.17, 15) is 0 Å². The van der Waals surface area contributed by atoms with E-state index in [1.165, 1.54) is 11.3 Å². The monoisotopic (exact) mass is 296 g/mol. The van der Waals surface area contributed by atoms with Gasteiger partial charge in [-0.15, -0.1) is 0 Å². The third-order valence-corrected chi connectivity index (χ3v) is 3.92. The molecule has 0 saturated heterocycles. The zero-order chi connectivity index (χ0) is 15.1. The number of anilines is 1. The van der Waals surface area contributed by atoms with Gasteiger partial charge in [-0.3, -0.25) is 0 Å². The van der Waals surface area contributed by atoms with E-state index in [-0.39, 0.29) is 0 Å². The summed E-state index contributed by atoms with van der Waals surface area (Å²) in [6.45, 7) is 14.1. The molecule has 0 saturated carbocycles. The molecule has 0 aliphatic carbocycles. The van der Waals surface area contributed by atoms with Gasteiger partial charge in [0.05, 0.1) is 0 Å². The van der Waals surface area contributed by atoms with Crippen molar-refractivity contribution < 1.29 is 0 Å².